The van der Waals surface area contributed by atoms with Crippen molar-refractivity contribution in [3.05, 3.63) is 144 Å². The summed E-state index contributed by atoms with van der Waals surface area (Å²) >= 11 is 7.21. The van der Waals surface area contributed by atoms with Crippen LogP contribution in [-0.2, 0) is 9.68 Å². The molecule has 0 heterocycles. The summed E-state index contributed by atoms with van der Waals surface area (Å²) in [6, 6.07) is 43.1. The largest absolute Gasteiger partial charge is 1.00 e. The second-order valence-corrected chi connectivity index (χ2v) is 12.5. The van der Waals surface area contributed by atoms with Gasteiger partial charge in [0, 0.05) is 41.8 Å². The fraction of sp³-hybridized carbons (Fsp3) is 0.324. The summed E-state index contributed by atoms with van der Waals surface area (Å²) in [5, 5.41) is 13.0. The van der Waals surface area contributed by atoms with Crippen LogP contribution in [0.1, 0.15) is 48.4 Å². The first-order valence-corrected chi connectivity index (χ1v) is 18.9. The molecule has 4 aromatic rings. The summed E-state index contributed by atoms with van der Waals surface area (Å²) in [4.78, 5) is 11.2. The number of hydrogen-bond acceptors (Lipinski definition) is 7. The van der Waals surface area contributed by atoms with Crippen LogP contribution in [0.2, 0.25) is 0 Å². The first kappa shape index (κ1) is 49.8. The van der Waals surface area contributed by atoms with E-state index in [1.807, 2.05) is 18.0 Å². The maximum absolute atomic E-state index is 8.64. The minimum atomic E-state index is -0.181. The Kier molecular flexibility index (Phi) is 38.6. The fourth-order valence-electron chi connectivity index (χ4n) is 4.57. The number of rotatable bonds is 15. The van der Waals surface area contributed by atoms with E-state index in [0.29, 0.717) is 11.8 Å². The Morgan fingerprint density at radius 3 is 1.30 bits per heavy atom. The zero-order chi connectivity index (χ0) is 32.8. The molecule has 0 fully saturated rings. The van der Waals surface area contributed by atoms with E-state index in [4.69, 9.17) is 15.8 Å². The zero-order valence-corrected chi connectivity index (χ0v) is 37.9. The van der Waals surface area contributed by atoms with Gasteiger partial charge in [0.2, 0.25) is 0 Å². The van der Waals surface area contributed by atoms with Crippen molar-refractivity contribution in [1.82, 2.24) is 5.32 Å². The molecule has 0 unspecified atom stereocenters. The third-order valence-electron chi connectivity index (χ3n) is 6.66. The van der Waals surface area contributed by atoms with E-state index in [0.717, 1.165) is 43.6 Å². The first-order valence-electron chi connectivity index (χ1n) is 15.0. The molecule has 0 saturated heterocycles. The maximum Gasteiger partial charge on any atom is 1.00 e. The van der Waals surface area contributed by atoms with Crippen LogP contribution in [0.5, 0.6) is 0 Å². The number of nitrogens with one attached hydrogen (secondary N) is 1. The first-order chi connectivity index (χ1) is 22.2. The minimum absolute atomic E-state index is 0. The number of nitrogens with two attached hydrogens (primary N) is 1. The van der Waals surface area contributed by atoms with Crippen LogP contribution in [0, 0.1) is 0 Å². The molecule has 5 nitrogen and oxygen atoms in total. The van der Waals surface area contributed by atoms with Crippen molar-refractivity contribution in [2.45, 2.75) is 24.7 Å². The van der Waals surface area contributed by atoms with Crippen LogP contribution < -0.4 is 119 Å². The molecule has 0 bridgehead atoms. The molecule has 0 aliphatic rings. The molecular weight excluding hydrogens is 743 g/mol. The molecule has 3 N–H and O–H groups in total. The Bertz CT molecular complexity index is 1130. The van der Waals surface area contributed by atoms with E-state index >= 15 is 0 Å². The molecule has 246 valence electrons. The van der Waals surface area contributed by atoms with E-state index in [1.165, 1.54) is 28.0 Å². The van der Waals surface area contributed by atoms with Gasteiger partial charge in [0.05, 0.1) is 0 Å². The molecule has 0 amide bonds. The summed E-state index contributed by atoms with van der Waals surface area (Å²) in [5.74, 6) is 3.25. The van der Waals surface area contributed by atoms with Crippen LogP contribution in [0.4, 0.5) is 0 Å². The number of carbonyl (C=O) groups excluding carboxylic acids is 1. The molecule has 10 heteroatoms. The molecule has 0 radical (unpaired) electrons. The molecule has 0 saturated carbocycles. The summed E-state index contributed by atoms with van der Waals surface area (Å²) in [7, 11) is 0. The Balaban J connectivity index is -0.000000649. The Hall–Kier alpha value is 0.683. The number of halogens is 1. The third kappa shape index (κ3) is 24.5. The van der Waals surface area contributed by atoms with Crippen LogP contribution in [-0.4, -0.2) is 55.5 Å². The monoisotopic (exact) mass is 790 g/mol. The van der Waals surface area contributed by atoms with Gasteiger partial charge >= 0.3 is 103 Å². The summed E-state index contributed by atoms with van der Waals surface area (Å²) in [6.45, 7) is 2.79. The SMILES string of the molecule is BrCCC(c1ccccc1)c1ccccc1.CSCCN.CSCCNCCC(c1ccccc1)c1ccccc1.O=CO[O-].[H-].[K+].[K+]. The van der Waals surface area contributed by atoms with Crippen molar-refractivity contribution in [2.24, 2.45) is 5.73 Å². The van der Waals surface area contributed by atoms with Gasteiger partial charge in [-0.2, -0.15) is 23.5 Å². The molecule has 0 aromatic heterocycles. The molecule has 4 rings (SSSR count). The van der Waals surface area contributed by atoms with Crippen molar-refractivity contribution in [2.75, 3.05) is 49.0 Å². The Morgan fingerprint density at radius 1 is 0.702 bits per heavy atom. The summed E-state index contributed by atoms with van der Waals surface area (Å²) in [5.41, 5.74) is 10.7. The number of hydrogen-bond donors (Lipinski definition) is 2. The van der Waals surface area contributed by atoms with Gasteiger partial charge < -0.3 is 22.6 Å². The van der Waals surface area contributed by atoms with Crippen LogP contribution in [0.15, 0.2) is 121 Å². The smallest absolute Gasteiger partial charge is 1.00 e. The predicted molar refractivity (Wildman–Crippen MR) is 199 cm³/mol. The van der Waals surface area contributed by atoms with Crippen molar-refractivity contribution >= 4 is 45.9 Å². The van der Waals surface area contributed by atoms with Crippen molar-refractivity contribution in [3.63, 3.8) is 0 Å². The van der Waals surface area contributed by atoms with Crippen molar-refractivity contribution < 1.29 is 119 Å². The van der Waals surface area contributed by atoms with Gasteiger partial charge in [-0.05, 0) is 54.2 Å². The van der Waals surface area contributed by atoms with E-state index in [-0.39, 0.29) is 111 Å². The Morgan fingerprint density at radius 2 is 1.04 bits per heavy atom. The van der Waals surface area contributed by atoms with Gasteiger partial charge in [0.15, 0.2) is 0 Å². The maximum atomic E-state index is 8.64. The van der Waals surface area contributed by atoms with Crippen molar-refractivity contribution in [1.29, 1.82) is 0 Å². The summed E-state index contributed by atoms with van der Waals surface area (Å²) < 4.78 is 0. The fourth-order valence-corrected chi connectivity index (χ4v) is 5.61. The van der Waals surface area contributed by atoms with E-state index in [9.17, 15) is 0 Å². The average molecular weight is 792 g/mol. The minimum Gasteiger partial charge on any atom is -1.00 e. The quantitative estimate of drug-likeness (QED) is 0.0474. The van der Waals surface area contributed by atoms with E-state index in [1.54, 1.807) is 11.8 Å². The molecule has 0 aliphatic heterocycles. The number of thioether (sulfide) groups is 2. The van der Waals surface area contributed by atoms with Crippen molar-refractivity contribution in [3.8, 4) is 0 Å². The van der Waals surface area contributed by atoms with Crippen LogP contribution >= 0.6 is 39.5 Å². The van der Waals surface area contributed by atoms with E-state index in [2.05, 4.69) is 154 Å². The normalized spacial score (nSPS) is 9.60. The van der Waals surface area contributed by atoms with Gasteiger partial charge in [-0.25, -0.2) is 0 Å². The van der Waals surface area contributed by atoms with Crippen LogP contribution in [0.25, 0.3) is 0 Å². The second-order valence-electron chi connectivity index (χ2n) is 9.73. The molecular formula is C37H49BrK2N2O3S2. The predicted octanol–water partition coefficient (Wildman–Crippen LogP) is 1.63. The molecule has 47 heavy (non-hydrogen) atoms. The standard InChI is InChI=1S/C18H23NS.C15H15Br.C3H9NS.CH2O3.2K.H/c1-20-15-14-19-13-12-18(16-8-4-2-5-9-16)17-10-6-3-7-11-17;16-12-11-15(13-7-3-1-4-8-13)14-9-5-2-6-10-14;1-5-3-2-4;2-1-4-3;;;/h2-11,18-19H,12-15H2,1H3;1-10,15H,11-12H2;2-4H2,1H3;1,3H;;;/q;;;;2*+1;-1/p-1. The molecule has 0 aliphatic carbocycles. The van der Waals surface area contributed by atoms with E-state index < -0.39 is 0 Å². The van der Waals surface area contributed by atoms with Gasteiger partial charge in [0.25, 0.3) is 6.47 Å². The zero-order valence-electron chi connectivity index (χ0n) is 29.4. The van der Waals surface area contributed by atoms with Crippen LogP contribution in [0.3, 0.4) is 0 Å². The summed E-state index contributed by atoms with van der Waals surface area (Å²) in [6.07, 6.45) is 6.47. The number of carbonyl (C=O) groups is 1. The second kappa shape index (κ2) is 36.5. The molecule has 0 atom stereocenters. The van der Waals surface area contributed by atoms with Gasteiger partial charge in [-0.3, -0.25) is 4.79 Å². The molecule has 0 spiro atoms. The van der Waals surface area contributed by atoms with Gasteiger partial charge in [-0.15, -0.1) is 0 Å². The third-order valence-corrected chi connectivity index (χ3v) is 8.37. The number of benzene rings is 4. The topological polar surface area (TPSA) is 87.4 Å². The number of alkyl halides is 1. The average Bonchev–Trinajstić information content (AvgIpc) is 3.11. The Labute approximate surface area is 387 Å². The van der Waals surface area contributed by atoms with Gasteiger partial charge in [0.1, 0.15) is 0 Å². The van der Waals surface area contributed by atoms with Gasteiger partial charge in [-0.1, -0.05) is 137 Å². The molecule has 4 aromatic carbocycles.